The molecule has 88 valence electrons. The summed E-state index contributed by atoms with van der Waals surface area (Å²) in [4.78, 5) is 2.33. The summed E-state index contributed by atoms with van der Waals surface area (Å²) in [5.41, 5.74) is 1.06. The topological polar surface area (TPSA) is 15.3 Å². The zero-order chi connectivity index (χ0) is 11.5. The fourth-order valence-electron chi connectivity index (χ4n) is 2.03. The van der Waals surface area contributed by atoms with Crippen LogP contribution in [-0.2, 0) is 6.42 Å². The first kappa shape index (κ1) is 12.0. The molecule has 1 saturated heterocycles. The molecule has 0 radical (unpaired) electrons. The van der Waals surface area contributed by atoms with Crippen LogP contribution in [0.15, 0.2) is 22.7 Å². The predicted octanol–water partition coefficient (Wildman–Crippen LogP) is 2.03. The van der Waals surface area contributed by atoms with Crippen LogP contribution in [0.25, 0.3) is 0 Å². The van der Waals surface area contributed by atoms with Crippen LogP contribution < -0.4 is 5.32 Å². The highest BCUT2D eigenvalue weighted by molar-refractivity contribution is 9.10. The van der Waals surface area contributed by atoms with Crippen molar-refractivity contribution in [2.24, 2.45) is 0 Å². The number of benzene rings is 1. The molecule has 2 nitrogen and oxygen atoms in total. The summed E-state index contributed by atoms with van der Waals surface area (Å²) >= 11 is 3.17. The minimum absolute atomic E-state index is 0.177. The zero-order valence-corrected chi connectivity index (χ0v) is 10.9. The lowest BCUT2D eigenvalue weighted by Crippen LogP contribution is -2.50. The van der Waals surface area contributed by atoms with Crippen LogP contribution in [0.3, 0.4) is 0 Å². The molecule has 1 unspecified atom stereocenters. The molecule has 1 heterocycles. The maximum atomic E-state index is 13.4. The number of nitrogens with zero attached hydrogens (tertiary/aromatic N) is 1. The molecule has 1 aliphatic heterocycles. The molecular weight excluding hydrogens is 271 g/mol. The molecule has 0 bridgehead atoms. The molecule has 0 aromatic heterocycles. The molecule has 1 fully saturated rings. The van der Waals surface area contributed by atoms with E-state index in [1.807, 2.05) is 6.07 Å². The van der Waals surface area contributed by atoms with Gasteiger partial charge in [0.2, 0.25) is 0 Å². The van der Waals surface area contributed by atoms with Crippen LogP contribution in [0.5, 0.6) is 0 Å². The molecule has 1 atom stereocenters. The van der Waals surface area contributed by atoms with Gasteiger partial charge in [0.15, 0.2) is 0 Å². The van der Waals surface area contributed by atoms with Gasteiger partial charge in [-0.2, -0.15) is 0 Å². The molecule has 0 aliphatic carbocycles. The Labute approximate surface area is 104 Å². The lowest BCUT2D eigenvalue weighted by Gasteiger charge is -2.33. The Hall–Kier alpha value is -0.450. The van der Waals surface area contributed by atoms with Gasteiger partial charge < -0.3 is 10.2 Å². The van der Waals surface area contributed by atoms with E-state index < -0.39 is 0 Å². The van der Waals surface area contributed by atoms with Crippen molar-refractivity contribution in [2.75, 3.05) is 26.7 Å². The van der Waals surface area contributed by atoms with Gasteiger partial charge in [0.05, 0.1) is 4.47 Å². The Morgan fingerprint density at radius 3 is 3.06 bits per heavy atom. The lowest BCUT2D eigenvalue weighted by atomic mass is 10.0. The monoisotopic (exact) mass is 286 g/mol. The van der Waals surface area contributed by atoms with Crippen molar-refractivity contribution in [1.82, 2.24) is 10.2 Å². The van der Waals surface area contributed by atoms with Crippen molar-refractivity contribution in [3.63, 3.8) is 0 Å². The highest BCUT2D eigenvalue weighted by Crippen LogP contribution is 2.18. The standard InChI is InChI=1S/C12H16BrFN2/c1-16-5-4-15-8-10(16)6-9-2-3-11(13)12(14)7-9/h2-3,7,10,15H,4-6,8H2,1H3. The molecule has 1 aliphatic rings. The first-order valence-electron chi connectivity index (χ1n) is 5.51. The number of rotatable bonds is 2. The summed E-state index contributed by atoms with van der Waals surface area (Å²) in [5, 5.41) is 3.37. The molecule has 1 N–H and O–H groups in total. The summed E-state index contributed by atoms with van der Waals surface area (Å²) in [6, 6.07) is 5.85. The van der Waals surface area contributed by atoms with Gasteiger partial charge in [0.25, 0.3) is 0 Å². The Morgan fingerprint density at radius 2 is 2.38 bits per heavy atom. The van der Waals surface area contributed by atoms with Crippen LogP contribution in [0.4, 0.5) is 4.39 Å². The van der Waals surface area contributed by atoms with E-state index in [-0.39, 0.29) is 5.82 Å². The van der Waals surface area contributed by atoms with Crippen LogP contribution in [-0.4, -0.2) is 37.6 Å². The van der Waals surface area contributed by atoms with Crippen LogP contribution >= 0.6 is 15.9 Å². The van der Waals surface area contributed by atoms with Gasteiger partial charge in [0, 0.05) is 25.7 Å². The van der Waals surface area contributed by atoms with E-state index in [1.54, 1.807) is 12.1 Å². The molecule has 0 amide bonds. The normalized spacial score (nSPS) is 22.3. The number of hydrogen-bond donors (Lipinski definition) is 1. The average Bonchev–Trinajstić information content (AvgIpc) is 2.27. The number of likely N-dealkylation sites (N-methyl/N-ethyl adjacent to an activating group) is 1. The molecule has 16 heavy (non-hydrogen) atoms. The van der Waals surface area contributed by atoms with Crippen LogP contribution in [0.2, 0.25) is 0 Å². The van der Waals surface area contributed by atoms with E-state index >= 15 is 0 Å². The molecule has 0 saturated carbocycles. The fourth-order valence-corrected chi connectivity index (χ4v) is 2.28. The summed E-state index contributed by atoms with van der Waals surface area (Å²) in [6.07, 6.45) is 0.897. The average molecular weight is 287 g/mol. The SMILES string of the molecule is CN1CCNCC1Cc1ccc(Br)c(F)c1. The molecule has 1 aromatic carbocycles. The third kappa shape index (κ3) is 2.81. The quantitative estimate of drug-likeness (QED) is 0.895. The molecular formula is C12H16BrFN2. The van der Waals surface area contributed by atoms with Crippen molar-refractivity contribution in [3.05, 3.63) is 34.1 Å². The first-order chi connectivity index (χ1) is 7.66. The van der Waals surface area contributed by atoms with E-state index in [4.69, 9.17) is 0 Å². The van der Waals surface area contributed by atoms with Crippen molar-refractivity contribution in [3.8, 4) is 0 Å². The Morgan fingerprint density at radius 1 is 1.56 bits per heavy atom. The summed E-state index contributed by atoms with van der Waals surface area (Å²) in [7, 11) is 2.13. The fraction of sp³-hybridized carbons (Fsp3) is 0.500. The van der Waals surface area contributed by atoms with Gasteiger partial charge in [-0.25, -0.2) is 4.39 Å². The van der Waals surface area contributed by atoms with Gasteiger partial charge in [0.1, 0.15) is 5.82 Å². The van der Waals surface area contributed by atoms with Crippen LogP contribution in [0.1, 0.15) is 5.56 Å². The first-order valence-corrected chi connectivity index (χ1v) is 6.31. The van der Waals surface area contributed by atoms with Gasteiger partial charge in [-0.15, -0.1) is 0 Å². The molecule has 1 aromatic rings. The second-order valence-electron chi connectivity index (χ2n) is 4.29. The van der Waals surface area contributed by atoms with E-state index in [9.17, 15) is 4.39 Å². The molecule has 4 heteroatoms. The van der Waals surface area contributed by atoms with Crippen molar-refractivity contribution >= 4 is 15.9 Å². The van der Waals surface area contributed by atoms with E-state index in [0.717, 1.165) is 31.6 Å². The van der Waals surface area contributed by atoms with Crippen molar-refractivity contribution < 1.29 is 4.39 Å². The predicted molar refractivity (Wildman–Crippen MR) is 67.1 cm³/mol. The third-order valence-electron chi connectivity index (χ3n) is 3.10. The van der Waals surface area contributed by atoms with Gasteiger partial charge in [-0.05, 0) is 47.1 Å². The maximum absolute atomic E-state index is 13.4. The highest BCUT2D eigenvalue weighted by Gasteiger charge is 2.18. The van der Waals surface area contributed by atoms with E-state index in [0.29, 0.717) is 10.5 Å². The minimum Gasteiger partial charge on any atom is -0.314 e. The lowest BCUT2D eigenvalue weighted by molar-refractivity contribution is 0.199. The Balaban J connectivity index is 2.05. The second-order valence-corrected chi connectivity index (χ2v) is 5.15. The van der Waals surface area contributed by atoms with Crippen molar-refractivity contribution in [2.45, 2.75) is 12.5 Å². The number of hydrogen-bond acceptors (Lipinski definition) is 2. The highest BCUT2D eigenvalue weighted by atomic mass is 79.9. The number of nitrogens with one attached hydrogen (secondary N) is 1. The number of halogens is 2. The largest absolute Gasteiger partial charge is 0.314 e. The van der Waals surface area contributed by atoms with E-state index in [2.05, 4.69) is 33.2 Å². The van der Waals surface area contributed by atoms with E-state index in [1.165, 1.54) is 0 Å². The zero-order valence-electron chi connectivity index (χ0n) is 9.34. The van der Waals surface area contributed by atoms with Gasteiger partial charge >= 0.3 is 0 Å². The maximum Gasteiger partial charge on any atom is 0.137 e. The Bertz CT molecular complexity index is 370. The minimum atomic E-state index is -0.177. The summed E-state index contributed by atoms with van der Waals surface area (Å²) in [5.74, 6) is -0.177. The Kier molecular flexibility index (Phi) is 3.95. The third-order valence-corrected chi connectivity index (χ3v) is 3.74. The summed E-state index contributed by atoms with van der Waals surface area (Å²) in [6.45, 7) is 3.08. The van der Waals surface area contributed by atoms with Crippen molar-refractivity contribution in [1.29, 1.82) is 0 Å². The van der Waals surface area contributed by atoms with Gasteiger partial charge in [-0.3, -0.25) is 0 Å². The molecule has 2 rings (SSSR count). The number of piperazine rings is 1. The molecule has 0 spiro atoms. The van der Waals surface area contributed by atoms with Crippen LogP contribution in [0, 0.1) is 5.82 Å². The summed E-state index contributed by atoms with van der Waals surface area (Å²) < 4.78 is 13.9. The smallest absolute Gasteiger partial charge is 0.137 e. The van der Waals surface area contributed by atoms with Gasteiger partial charge in [-0.1, -0.05) is 6.07 Å². The second kappa shape index (κ2) is 5.25.